The molecule has 2 nitrogen and oxygen atoms in total. The number of hydrogen-bond acceptors (Lipinski definition) is 1. The molecule has 0 radical (unpaired) electrons. The number of hydrogen-bond donors (Lipinski definition) is 1. The van der Waals surface area contributed by atoms with E-state index in [1.165, 1.54) is 6.07 Å². The van der Waals surface area contributed by atoms with Crippen molar-refractivity contribution < 1.29 is 9.90 Å². The summed E-state index contributed by atoms with van der Waals surface area (Å²) in [6, 6.07) is 8.82. The predicted molar refractivity (Wildman–Crippen MR) is 71.7 cm³/mol. The van der Waals surface area contributed by atoms with E-state index in [0.29, 0.717) is 16.5 Å². The van der Waals surface area contributed by atoms with E-state index in [-0.39, 0.29) is 5.56 Å². The molecule has 1 N–H and O–H groups in total. The van der Waals surface area contributed by atoms with E-state index >= 15 is 0 Å². The minimum Gasteiger partial charge on any atom is -0.478 e. The summed E-state index contributed by atoms with van der Waals surface area (Å²) in [4.78, 5) is 11.3. The topological polar surface area (TPSA) is 37.3 Å². The summed E-state index contributed by atoms with van der Waals surface area (Å²) in [5.74, 6) is -0.962. The molecule has 1 aliphatic rings. The predicted octanol–water partition coefficient (Wildman–Crippen LogP) is 4.26. The Morgan fingerprint density at radius 2 is 1.78 bits per heavy atom. The van der Waals surface area contributed by atoms with Crippen LogP contribution in [0, 0.1) is 0 Å². The van der Waals surface area contributed by atoms with Gasteiger partial charge in [0.05, 0.1) is 5.56 Å². The number of carboxylic acids is 1. The molecule has 18 heavy (non-hydrogen) atoms. The van der Waals surface area contributed by atoms with Crippen LogP contribution in [0.25, 0.3) is 11.1 Å². The van der Waals surface area contributed by atoms with E-state index < -0.39 is 5.97 Å². The fourth-order valence-electron chi connectivity index (χ4n) is 2.45. The zero-order valence-corrected chi connectivity index (χ0v) is 10.7. The first kappa shape index (κ1) is 11.6. The van der Waals surface area contributed by atoms with Crippen LogP contribution in [0.5, 0.6) is 0 Å². The summed E-state index contributed by atoms with van der Waals surface area (Å²) in [6.07, 6.45) is 0.673. The SMILES string of the molecule is O=C(O)c1cc(Cl)cc2c1-c1ccc(Cl)cc1C2. The Morgan fingerprint density at radius 1 is 1.06 bits per heavy atom. The molecule has 0 saturated carbocycles. The lowest BCUT2D eigenvalue weighted by molar-refractivity contribution is 0.0697. The van der Waals surface area contributed by atoms with Gasteiger partial charge < -0.3 is 5.11 Å². The summed E-state index contributed by atoms with van der Waals surface area (Å²) in [5, 5.41) is 10.4. The molecule has 0 heterocycles. The van der Waals surface area contributed by atoms with Crippen molar-refractivity contribution in [2.24, 2.45) is 0 Å². The highest BCUT2D eigenvalue weighted by Crippen LogP contribution is 2.41. The van der Waals surface area contributed by atoms with Crippen molar-refractivity contribution in [3.05, 3.63) is 57.1 Å². The van der Waals surface area contributed by atoms with E-state index in [1.54, 1.807) is 6.07 Å². The molecule has 1 aliphatic carbocycles. The maximum atomic E-state index is 11.3. The van der Waals surface area contributed by atoms with Gasteiger partial charge in [-0.2, -0.15) is 0 Å². The summed E-state index contributed by atoms with van der Waals surface area (Å²) in [7, 11) is 0. The lowest BCUT2D eigenvalue weighted by Gasteiger charge is -2.06. The first-order valence-corrected chi connectivity index (χ1v) is 6.16. The Morgan fingerprint density at radius 3 is 2.50 bits per heavy atom. The molecule has 0 saturated heterocycles. The molecule has 0 unspecified atom stereocenters. The quantitative estimate of drug-likeness (QED) is 0.722. The fourth-order valence-corrected chi connectivity index (χ4v) is 2.88. The first-order chi connectivity index (χ1) is 8.56. The van der Waals surface area contributed by atoms with Gasteiger partial charge in [-0.1, -0.05) is 29.3 Å². The van der Waals surface area contributed by atoms with Crippen molar-refractivity contribution in [3.8, 4) is 11.1 Å². The normalized spacial score (nSPS) is 12.1. The molecule has 0 amide bonds. The second-order valence-electron chi connectivity index (χ2n) is 4.27. The Labute approximate surface area is 114 Å². The van der Waals surface area contributed by atoms with Crippen LogP contribution in [-0.2, 0) is 6.42 Å². The highest BCUT2D eigenvalue weighted by molar-refractivity contribution is 6.31. The largest absolute Gasteiger partial charge is 0.478 e. The molecule has 0 spiro atoms. The zero-order valence-electron chi connectivity index (χ0n) is 9.21. The van der Waals surface area contributed by atoms with Gasteiger partial charge in [0, 0.05) is 15.6 Å². The lowest BCUT2D eigenvalue weighted by Crippen LogP contribution is -2.00. The molecule has 3 rings (SSSR count). The smallest absolute Gasteiger partial charge is 0.336 e. The van der Waals surface area contributed by atoms with Gasteiger partial charge in [0.1, 0.15) is 0 Å². The summed E-state index contributed by atoms with van der Waals surface area (Å²) in [6.45, 7) is 0. The summed E-state index contributed by atoms with van der Waals surface area (Å²) in [5.41, 5.74) is 3.93. The second-order valence-corrected chi connectivity index (χ2v) is 5.14. The van der Waals surface area contributed by atoms with E-state index in [9.17, 15) is 9.90 Å². The monoisotopic (exact) mass is 278 g/mol. The van der Waals surface area contributed by atoms with E-state index in [4.69, 9.17) is 23.2 Å². The number of benzene rings is 2. The van der Waals surface area contributed by atoms with Crippen molar-refractivity contribution >= 4 is 29.2 Å². The summed E-state index contributed by atoms with van der Waals surface area (Å²) >= 11 is 11.9. The van der Waals surface area contributed by atoms with E-state index in [1.807, 2.05) is 18.2 Å². The third-order valence-electron chi connectivity index (χ3n) is 3.13. The van der Waals surface area contributed by atoms with Gasteiger partial charge in [-0.05, 0) is 47.4 Å². The van der Waals surface area contributed by atoms with Gasteiger partial charge in [0.25, 0.3) is 0 Å². The Hall–Kier alpha value is -1.51. The molecule has 0 bridgehead atoms. The molecule has 0 fully saturated rings. The Kier molecular flexibility index (Phi) is 2.58. The van der Waals surface area contributed by atoms with Gasteiger partial charge in [-0.25, -0.2) is 4.79 Å². The van der Waals surface area contributed by atoms with Crippen LogP contribution in [0.1, 0.15) is 21.5 Å². The number of carboxylic acid groups (broad SMARTS) is 1. The number of fused-ring (bicyclic) bond motifs is 3. The second kappa shape index (κ2) is 4.01. The molecule has 0 aromatic heterocycles. The molecular weight excluding hydrogens is 271 g/mol. The van der Waals surface area contributed by atoms with Crippen molar-refractivity contribution in [1.29, 1.82) is 0 Å². The minimum atomic E-state index is -0.962. The average molecular weight is 279 g/mol. The number of halogens is 2. The highest BCUT2D eigenvalue weighted by Gasteiger charge is 2.25. The van der Waals surface area contributed by atoms with Gasteiger partial charge in [-0.15, -0.1) is 0 Å². The Balaban J connectivity index is 2.32. The first-order valence-electron chi connectivity index (χ1n) is 5.41. The molecule has 0 atom stereocenters. The third kappa shape index (κ3) is 1.69. The van der Waals surface area contributed by atoms with Gasteiger partial charge >= 0.3 is 5.97 Å². The van der Waals surface area contributed by atoms with Crippen molar-refractivity contribution in [1.82, 2.24) is 0 Å². The maximum absolute atomic E-state index is 11.3. The van der Waals surface area contributed by atoms with Crippen LogP contribution >= 0.6 is 23.2 Å². The van der Waals surface area contributed by atoms with Gasteiger partial charge in [0.15, 0.2) is 0 Å². The van der Waals surface area contributed by atoms with E-state index in [0.717, 1.165) is 22.3 Å². The molecule has 4 heteroatoms. The van der Waals surface area contributed by atoms with Gasteiger partial charge in [0.2, 0.25) is 0 Å². The molecule has 90 valence electrons. The summed E-state index contributed by atoms with van der Waals surface area (Å²) < 4.78 is 0. The highest BCUT2D eigenvalue weighted by atomic mass is 35.5. The fraction of sp³-hybridized carbons (Fsp3) is 0.0714. The standard InChI is InChI=1S/C14H8Cl2O2/c15-9-1-2-11-7(4-9)3-8-5-10(16)6-12(13(8)11)14(17)18/h1-2,4-6H,3H2,(H,17,18). The van der Waals surface area contributed by atoms with Crippen molar-refractivity contribution in [2.45, 2.75) is 6.42 Å². The third-order valence-corrected chi connectivity index (χ3v) is 3.59. The Bertz CT molecular complexity index is 678. The minimum absolute atomic E-state index is 0.249. The molecule has 0 aliphatic heterocycles. The number of carbonyl (C=O) groups is 1. The van der Waals surface area contributed by atoms with Crippen LogP contribution < -0.4 is 0 Å². The van der Waals surface area contributed by atoms with Crippen LogP contribution in [0.2, 0.25) is 10.0 Å². The zero-order chi connectivity index (χ0) is 12.9. The van der Waals surface area contributed by atoms with Crippen LogP contribution in [-0.4, -0.2) is 11.1 Å². The average Bonchev–Trinajstić information content (AvgIpc) is 2.64. The molecular formula is C14H8Cl2O2. The van der Waals surface area contributed by atoms with Crippen molar-refractivity contribution in [2.75, 3.05) is 0 Å². The van der Waals surface area contributed by atoms with Crippen LogP contribution in [0.4, 0.5) is 0 Å². The van der Waals surface area contributed by atoms with Crippen LogP contribution in [0.3, 0.4) is 0 Å². The molecule has 2 aromatic carbocycles. The lowest BCUT2D eigenvalue weighted by atomic mass is 9.99. The van der Waals surface area contributed by atoms with Crippen molar-refractivity contribution in [3.63, 3.8) is 0 Å². The molecule has 2 aromatic rings. The number of rotatable bonds is 1. The van der Waals surface area contributed by atoms with Gasteiger partial charge in [-0.3, -0.25) is 0 Å². The van der Waals surface area contributed by atoms with E-state index in [2.05, 4.69) is 0 Å². The number of aromatic carboxylic acids is 1. The van der Waals surface area contributed by atoms with Crippen LogP contribution in [0.15, 0.2) is 30.3 Å². The maximum Gasteiger partial charge on any atom is 0.336 e.